The van der Waals surface area contributed by atoms with Gasteiger partial charge in [-0.25, -0.2) is 0 Å². The SMILES string of the molecule is CC=CCl.Clc1ccccc1. The van der Waals surface area contributed by atoms with Gasteiger partial charge < -0.3 is 0 Å². The molecule has 60 valence electrons. The minimum atomic E-state index is 0.794. The summed E-state index contributed by atoms with van der Waals surface area (Å²) >= 11 is 10.5. The number of hydrogen-bond donors (Lipinski definition) is 0. The summed E-state index contributed by atoms with van der Waals surface area (Å²) in [6.45, 7) is 1.87. The molecule has 1 aromatic carbocycles. The molecule has 0 spiro atoms. The van der Waals surface area contributed by atoms with Gasteiger partial charge in [0, 0.05) is 5.02 Å². The molecule has 0 saturated heterocycles. The Morgan fingerprint density at radius 1 is 1.18 bits per heavy atom. The molecular formula is C9H10Cl2. The third-order valence-electron chi connectivity index (χ3n) is 0.859. The first-order valence-electron chi connectivity index (χ1n) is 3.23. The average Bonchev–Trinajstić information content (AvgIpc) is 2.07. The zero-order chi connectivity index (χ0) is 8.53. The fourth-order valence-corrected chi connectivity index (χ4v) is 0.560. The Labute approximate surface area is 77.4 Å². The smallest absolute Gasteiger partial charge is 0.0405 e. The Hall–Kier alpha value is -0.460. The van der Waals surface area contributed by atoms with Crippen molar-refractivity contribution in [1.29, 1.82) is 0 Å². The van der Waals surface area contributed by atoms with Crippen molar-refractivity contribution in [3.8, 4) is 0 Å². The molecule has 0 amide bonds. The molecule has 0 aliphatic carbocycles. The van der Waals surface area contributed by atoms with E-state index in [-0.39, 0.29) is 0 Å². The van der Waals surface area contributed by atoms with E-state index in [2.05, 4.69) is 0 Å². The topological polar surface area (TPSA) is 0 Å². The fourth-order valence-electron chi connectivity index (χ4n) is 0.415. The molecule has 0 bridgehead atoms. The quantitative estimate of drug-likeness (QED) is 0.576. The first kappa shape index (κ1) is 10.5. The van der Waals surface area contributed by atoms with Crippen LogP contribution in [0.3, 0.4) is 0 Å². The Morgan fingerprint density at radius 2 is 1.64 bits per heavy atom. The number of benzene rings is 1. The minimum Gasteiger partial charge on any atom is -0.0933 e. The van der Waals surface area contributed by atoms with Gasteiger partial charge in [0.1, 0.15) is 0 Å². The molecule has 11 heavy (non-hydrogen) atoms. The normalized spacial score (nSPS) is 9.00. The monoisotopic (exact) mass is 188 g/mol. The second kappa shape index (κ2) is 7.64. The molecule has 0 nitrogen and oxygen atoms in total. The molecule has 1 aromatic rings. The lowest BCUT2D eigenvalue weighted by molar-refractivity contribution is 1.71. The van der Waals surface area contributed by atoms with Gasteiger partial charge in [-0.1, -0.05) is 47.5 Å². The zero-order valence-corrected chi connectivity index (χ0v) is 7.81. The maximum atomic E-state index is 5.54. The second-order valence-corrected chi connectivity index (χ2v) is 2.44. The van der Waals surface area contributed by atoms with Gasteiger partial charge in [0.25, 0.3) is 0 Å². The summed E-state index contributed by atoms with van der Waals surface area (Å²) in [6, 6.07) is 9.44. The number of rotatable bonds is 0. The van der Waals surface area contributed by atoms with Crippen LogP contribution >= 0.6 is 23.2 Å². The molecule has 1 rings (SSSR count). The minimum absolute atomic E-state index is 0.794. The molecule has 0 aromatic heterocycles. The average molecular weight is 189 g/mol. The van der Waals surface area contributed by atoms with Gasteiger partial charge in [0.2, 0.25) is 0 Å². The van der Waals surface area contributed by atoms with Gasteiger partial charge in [-0.15, -0.1) is 0 Å². The predicted octanol–water partition coefficient (Wildman–Crippen LogP) is 4.10. The molecular weight excluding hydrogens is 179 g/mol. The highest BCUT2D eigenvalue weighted by Crippen LogP contribution is 2.03. The molecule has 0 aliphatic rings. The van der Waals surface area contributed by atoms with Crippen molar-refractivity contribution in [2.75, 3.05) is 0 Å². The van der Waals surface area contributed by atoms with Crippen molar-refractivity contribution < 1.29 is 0 Å². The molecule has 0 saturated carbocycles. The van der Waals surface area contributed by atoms with Crippen LogP contribution in [0.15, 0.2) is 41.9 Å². The fraction of sp³-hybridized carbons (Fsp3) is 0.111. The van der Waals surface area contributed by atoms with Crippen molar-refractivity contribution in [2.45, 2.75) is 6.92 Å². The highest BCUT2D eigenvalue weighted by molar-refractivity contribution is 6.30. The van der Waals surface area contributed by atoms with E-state index in [0.29, 0.717) is 0 Å². The highest BCUT2D eigenvalue weighted by Gasteiger charge is 1.74. The van der Waals surface area contributed by atoms with Crippen LogP contribution in [-0.4, -0.2) is 0 Å². The summed E-state index contributed by atoms with van der Waals surface area (Å²) in [5.74, 6) is 0. The summed E-state index contributed by atoms with van der Waals surface area (Å²) in [5.41, 5.74) is 1.47. The number of hydrogen-bond acceptors (Lipinski definition) is 0. The highest BCUT2D eigenvalue weighted by atomic mass is 35.5. The molecule has 0 aliphatic heterocycles. The lowest BCUT2D eigenvalue weighted by atomic mass is 10.4. The van der Waals surface area contributed by atoms with Crippen LogP contribution in [0, 0.1) is 0 Å². The third kappa shape index (κ3) is 7.44. The molecule has 0 N–H and O–H groups in total. The van der Waals surface area contributed by atoms with Crippen molar-refractivity contribution >= 4 is 23.2 Å². The van der Waals surface area contributed by atoms with Gasteiger partial charge in [0.15, 0.2) is 0 Å². The van der Waals surface area contributed by atoms with Crippen molar-refractivity contribution in [2.24, 2.45) is 0 Å². The summed E-state index contributed by atoms with van der Waals surface area (Å²) < 4.78 is 0. The van der Waals surface area contributed by atoms with Crippen LogP contribution in [0.2, 0.25) is 5.02 Å². The zero-order valence-electron chi connectivity index (χ0n) is 6.30. The maximum Gasteiger partial charge on any atom is 0.0405 e. The molecule has 0 radical (unpaired) electrons. The van der Waals surface area contributed by atoms with Crippen LogP contribution in [0.4, 0.5) is 0 Å². The van der Waals surface area contributed by atoms with Crippen LogP contribution < -0.4 is 0 Å². The standard InChI is InChI=1S/C6H5Cl.C3H5Cl/c7-6-4-2-1-3-5-6;1-2-3-4/h1-5H;2-3H,1H3. The number of allylic oxidation sites excluding steroid dienone is 1. The first-order valence-corrected chi connectivity index (χ1v) is 4.04. The lowest BCUT2D eigenvalue weighted by Gasteiger charge is -1.80. The first-order chi connectivity index (χ1) is 5.31. The van der Waals surface area contributed by atoms with E-state index in [1.54, 1.807) is 6.08 Å². The van der Waals surface area contributed by atoms with E-state index >= 15 is 0 Å². The van der Waals surface area contributed by atoms with Crippen LogP contribution in [0.25, 0.3) is 0 Å². The van der Waals surface area contributed by atoms with E-state index in [1.165, 1.54) is 5.54 Å². The largest absolute Gasteiger partial charge is 0.0933 e. The lowest BCUT2D eigenvalue weighted by Crippen LogP contribution is -1.55. The predicted molar refractivity (Wildman–Crippen MR) is 52.1 cm³/mol. The second-order valence-electron chi connectivity index (χ2n) is 1.75. The van der Waals surface area contributed by atoms with E-state index < -0.39 is 0 Å². The van der Waals surface area contributed by atoms with E-state index in [1.807, 2.05) is 37.3 Å². The summed E-state index contributed by atoms with van der Waals surface area (Å²) in [7, 11) is 0. The van der Waals surface area contributed by atoms with Gasteiger partial charge in [-0.3, -0.25) is 0 Å². The van der Waals surface area contributed by atoms with Crippen molar-refractivity contribution in [3.63, 3.8) is 0 Å². The van der Waals surface area contributed by atoms with Gasteiger partial charge in [-0.2, -0.15) is 0 Å². The van der Waals surface area contributed by atoms with Crippen molar-refractivity contribution in [3.05, 3.63) is 47.0 Å². The molecule has 2 heteroatoms. The number of halogens is 2. The van der Waals surface area contributed by atoms with Crippen LogP contribution in [0.5, 0.6) is 0 Å². The summed E-state index contributed by atoms with van der Waals surface area (Å²) in [6.07, 6.45) is 1.77. The van der Waals surface area contributed by atoms with E-state index in [9.17, 15) is 0 Å². The Bertz CT molecular complexity index is 188. The summed E-state index contributed by atoms with van der Waals surface area (Å²) in [5, 5.41) is 0.794. The molecule has 0 atom stereocenters. The Morgan fingerprint density at radius 3 is 1.82 bits per heavy atom. The third-order valence-corrected chi connectivity index (χ3v) is 1.36. The van der Waals surface area contributed by atoms with Crippen LogP contribution in [-0.2, 0) is 0 Å². The van der Waals surface area contributed by atoms with Gasteiger partial charge >= 0.3 is 0 Å². The van der Waals surface area contributed by atoms with Crippen LogP contribution in [0.1, 0.15) is 6.92 Å². The van der Waals surface area contributed by atoms with E-state index in [0.717, 1.165) is 5.02 Å². The summed E-state index contributed by atoms with van der Waals surface area (Å²) in [4.78, 5) is 0. The Kier molecular flexibility index (Phi) is 7.33. The maximum absolute atomic E-state index is 5.54. The molecule has 0 heterocycles. The molecule has 0 fully saturated rings. The molecule has 0 unspecified atom stereocenters. The van der Waals surface area contributed by atoms with Gasteiger partial charge in [-0.05, 0) is 24.6 Å². The Balaban J connectivity index is 0.000000218. The van der Waals surface area contributed by atoms with Crippen molar-refractivity contribution in [1.82, 2.24) is 0 Å². The van der Waals surface area contributed by atoms with Gasteiger partial charge in [0.05, 0.1) is 0 Å². The van der Waals surface area contributed by atoms with E-state index in [4.69, 9.17) is 23.2 Å².